The fourth-order valence-corrected chi connectivity index (χ4v) is 3.65. The number of fused-ring (bicyclic) bond motifs is 1. The molecule has 0 bridgehead atoms. The van der Waals surface area contributed by atoms with Crippen LogP contribution < -0.4 is 5.32 Å². The summed E-state index contributed by atoms with van der Waals surface area (Å²) in [6.07, 6.45) is 5.27. The van der Waals surface area contributed by atoms with E-state index >= 15 is 0 Å². The standard InChI is InChI=1S/C11H17N3S/c1-12-3-2-10-13-14-11(15-10)9-5-7-4-8(7)6-9/h7-9,12H,2-6H2,1H3. The van der Waals surface area contributed by atoms with Crippen LogP contribution in [0, 0.1) is 11.8 Å². The molecule has 0 saturated heterocycles. The van der Waals surface area contributed by atoms with Crippen molar-refractivity contribution in [3.63, 3.8) is 0 Å². The summed E-state index contributed by atoms with van der Waals surface area (Å²) in [5.74, 6) is 2.83. The first kappa shape index (κ1) is 9.73. The Bertz CT molecular complexity index is 339. The van der Waals surface area contributed by atoms with E-state index in [0.717, 1.165) is 30.7 Å². The maximum Gasteiger partial charge on any atom is 0.120 e. The van der Waals surface area contributed by atoms with Crippen LogP contribution in [0.2, 0.25) is 0 Å². The molecule has 2 saturated carbocycles. The quantitative estimate of drug-likeness (QED) is 0.846. The van der Waals surface area contributed by atoms with Crippen LogP contribution in [-0.2, 0) is 6.42 Å². The van der Waals surface area contributed by atoms with E-state index in [4.69, 9.17) is 0 Å². The molecule has 1 heterocycles. The van der Waals surface area contributed by atoms with E-state index in [1.807, 2.05) is 18.4 Å². The molecule has 2 aliphatic rings. The maximum absolute atomic E-state index is 4.35. The SMILES string of the molecule is CNCCc1nnc(C2CC3CC3C2)s1. The van der Waals surface area contributed by atoms with Crippen molar-refractivity contribution in [1.82, 2.24) is 15.5 Å². The topological polar surface area (TPSA) is 37.8 Å². The van der Waals surface area contributed by atoms with Gasteiger partial charge in [0.05, 0.1) is 0 Å². The molecule has 0 amide bonds. The van der Waals surface area contributed by atoms with Crippen molar-refractivity contribution in [2.45, 2.75) is 31.6 Å². The average molecular weight is 223 g/mol. The third-order valence-electron chi connectivity index (χ3n) is 3.66. The summed E-state index contributed by atoms with van der Waals surface area (Å²) in [6, 6.07) is 0. The van der Waals surface area contributed by atoms with Gasteiger partial charge >= 0.3 is 0 Å². The Morgan fingerprint density at radius 1 is 1.27 bits per heavy atom. The number of hydrogen-bond donors (Lipinski definition) is 1. The highest BCUT2D eigenvalue weighted by atomic mass is 32.1. The lowest BCUT2D eigenvalue weighted by atomic mass is 10.1. The highest BCUT2D eigenvalue weighted by molar-refractivity contribution is 7.11. The van der Waals surface area contributed by atoms with Crippen LogP contribution in [0.1, 0.15) is 35.2 Å². The highest BCUT2D eigenvalue weighted by Gasteiger charge is 2.47. The number of nitrogens with zero attached hydrogens (tertiary/aromatic N) is 2. The van der Waals surface area contributed by atoms with E-state index in [-0.39, 0.29) is 0 Å². The molecule has 2 aliphatic carbocycles. The van der Waals surface area contributed by atoms with Crippen molar-refractivity contribution in [1.29, 1.82) is 0 Å². The Morgan fingerprint density at radius 2 is 2.07 bits per heavy atom. The summed E-state index contributed by atoms with van der Waals surface area (Å²) in [6.45, 7) is 1.00. The van der Waals surface area contributed by atoms with Gasteiger partial charge in [0.2, 0.25) is 0 Å². The Labute approximate surface area is 94.3 Å². The molecule has 2 atom stereocenters. The molecule has 0 spiro atoms. The molecule has 82 valence electrons. The van der Waals surface area contributed by atoms with Gasteiger partial charge in [-0.15, -0.1) is 21.5 Å². The molecule has 1 aromatic heterocycles. The Balaban J connectivity index is 1.63. The van der Waals surface area contributed by atoms with E-state index in [1.165, 1.54) is 29.3 Å². The second kappa shape index (κ2) is 3.83. The summed E-state index contributed by atoms with van der Waals surface area (Å²) < 4.78 is 0. The minimum Gasteiger partial charge on any atom is -0.319 e. The van der Waals surface area contributed by atoms with Crippen molar-refractivity contribution >= 4 is 11.3 Å². The van der Waals surface area contributed by atoms with Crippen LogP contribution >= 0.6 is 11.3 Å². The normalized spacial score (nSPS) is 33.0. The van der Waals surface area contributed by atoms with Gasteiger partial charge in [-0.1, -0.05) is 0 Å². The van der Waals surface area contributed by atoms with Crippen molar-refractivity contribution in [2.24, 2.45) is 11.8 Å². The lowest BCUT2D eigenvalue weighted by Gasteiger charge is -2.05. The van der Waals surface area contributed by atoms with Gasteiger partial charge in [-0.25, -0.2) is 0 Å². The number of aromatic nitrogens is 2. The molecular formula is C11H17N3S. The van der Waals surface area contributed by atoms with Crippen LogP contribution in [-0.4, -0.2) is 23.8 Å². The third-order valence-corrected chi connectivity index (χ3v) is 4.81. The van der Waals surface area contributed by atoms with E-state index in [9.17, 15) is 0 Å². The lowest BCUT2D eigenvalue weighted by molar-refractivity contribution is 0.614. The van der Waals surface area contributed by atoms with E-state index < -0.39 is 0 Å². The van der Waals surface area contributed by atoms with Crippen molar-refractivity contribution in [3.05, 3.63) is 10.0 Å². The van der Waals surface area contributed by atoms with Crippen LogP contribution in [0.3, 0.4) is 0 Å². The van der Waals surface area contributed by atoms with Gasteiger partial charge in [-0.3, -0.25) is 0 Å². The van der Waals surface area contributed by atoms with E-state index in [2.05, 4.69) is 15.5 Å². The van der Waals surface area contributed by atoms with Gasteiger partial charge in [0.15, 0.2) is 0 Å². The summed E-state index contributed by atoms with van der Waals surface area (Å²) >= 11 is 1.83. The first-order valence-corrected chi connectivity index (χ1v) is 6.65. The van der Waals surface area contributed by atoms with Gasteiger partial charge in [0, 0.05) is 18.9 Å². The molecule has 1 aromatic rings. The van der Waals surface area contributed by atoms with Gasteiger partial charge in [0.1, 0.15) is 10.0 Å². The molecule has 3 nitrogen and oxygen atoms in total. The summed E-state index contributed by atoms with van der Waals surface area (Å²) in [7, 11) is 1.98. The summed E-state index contributed by atoms with van der Waals surface area (Å²) in [5.41, 5.74) is 0. The van der Waals surface area contributed by atoms with Gasteiger partial charge < -0.3 is 5.32 Å². The van der Waals surface area contributed by atoms with Crippen LogP contribution in [0.5, 0.6) is 0 Å². The molecule has 0 aliphatic heterocycles. The zero-order valence-electron chi connectivity index (χ0n) is 9.07. The van der Waals surface area contributed by atoms with Gasteiger partial charge in [-0.2, -0.15) is 0 Å². The van der Waals surface area contributed by atoms with Crippen molar-refractivity contribution < 1.29 is 0 Å². The molecule has 2 fully saturated rings. The zero-order chi connectivity index (χ0) is 10.3. The number of nitrogens with one attached hydrogen (secondary N) is 1. The summed E-state index contributed by atoms with van der Waals surface area (Å²) in [5, 5.41) is 14.3. The molecule has 4 heteroatoms. The molecule has 0 radical (unpaired) electrons. The molecule has 15 heavy (non-hydrogen) atoms. The molecular weight excluding hydrogens is 206 g/mol. The summed E-state index contributed by atoms with van der Waals surface area (Å²) in [4.78, 5) is 0. The fourth-order valence-electron chi connectivity index (χ4n) is 2.68. The third kappa shape index (κ3) is 1.93. The lowest BCUT2D eigenvalue weighted by Crippen LogP contribution is -2.09. The second-order valence-electron chi connectivity index (χ2n) is 4.81. The first-order valence-electron chi connectivity index (χ1n) is 5.83. The van der Waals surface area contributed by atoms with Gasteiger partial charge in [-0.05, 0) is 38.1 Å². The van der Waals surface area contributed by atoms with E-state index in [0.29, 0.717) is 0 Å². The smallest absolute Gasteiger partial charge is 0.120 e. The monoisotopic (exact) mass is 223 g/mol. The van der Waals surface area contributed by atoms with Crippen LogP contribution in [0.4, 0.5) is 0 Å². The Morgan fingerprint density at radius 3 is 2.80 bits per heavy atom. The Kier molecular flexibility index (Phi) is 2.48. The molecule has 2 unspecified atom stereocenters. The van der Waals surface area contributed by atoms with Crippen molar-refractivity contribution in [3.8, 4) is 0 Å². The van der Waals surface area contributed by atoms with E-state index in [1.54, 1.807) is 0 Å². The Hall–Kier alpha value is -0.480. The maximum atomic E-state index is 4.35. The fraction of sp³-hybridized carbons (Fsp3) is 0.818. The highest BCUT2D eigenvalue weighted by Crippen LogP contribution is 2.57. The minimum atomic E-state index is 0.745. The number of likely N-dealkylation sites (N-methyl/N-ethyl adjacent to an activating group) is 1. The number of rotatable bonds is 4. The predicted octanol–water partition coefficient (Wildman–Crippen LogP) is 1.81. The average Bonchev–Trinajstić information content (AvgIpc) is 2.71. The largest absolute Gasteiger partial charge is 0.319 e. The first-order chi connectivity index (χ1) is 7.36. The van der Waals surface area contributed by atoms with Crippen molar-refractivity contribution in [2.75, 3.05) is 13.6 Å². The second-order valence-corrected chi connectivity index (χ2v) is 5.91. The van der Waals surface area contributed by atoms with Gasteiger partial charge in [0.25, 0.3) is 0 Å². The van der Waals surface area contributed by atoms with Crippen LogP contribution in [0.15, 0.2) is 0 Å². The minimum absolute atomic E-state index is 0.745. The van der Waals surface area contributed by atoms with Crippen LogP contribution in [0.25, 0.3) is 0 Å². The molecule has 0 aromatic carbocycles. The predicted molar refractivity (Wildman–Crippen MR) is 61.1 cm³/mol. The molecule has 3 rings (SSSR count). The number of hydrogen-bond acceptors (Lipinski definition) is 4. The zero-order valence-corrected chi connectivity index (χ0v) is 9.89. The molecule has 1 N–H and O–H groups in total.